The number of nitro benzene ring substituents is 1. The Balaban J connectivity index is 2.15. The molecule has 9 heteroatoms. The van der Waals surface area contributed by atoms with E-state index in [9.17, 15) is 23.7 Å². The Hall–Kier alpha value is -2.06. The molecule has 110 valence electrons. The molecule has 0 saturated heterocycles. The highest BCUT2D eigenvalue weighted by Crippen LogP contribution is 2.23. The molecule has 21 heavy (non-hydrogen) atoms. The fourth-order valence-corrected chi connectivity index (χ4v) is 2.59. The van der Waals surface area contributed by atoms with Gasteiger partial charge in [0.2, 0.25) is 5.82 Å². The van der Waals surface area contributed by atoms with Gasteiger partial charge in [0.05, 0.1) is 27.4 Å². The van der Waals surface area contributed by atoms with Crippen LogP contribution in [0.25, 0.3) is 0 Å². The highest BCUT2D eigenvalue weighted by molar-refractivity contribution is 7.16. The standard InChI is InChI=1S/C12H7ClF2N2O3S/c13-11-2-1-6(21-11)5-16-12(18)7-3-9(15)10(17(19)20)4-8(7)14/h1-4H,5H2,(H,16,18). The van der Waals surface area contributed by atoms with Crippen LogP contribution in [-0.2, 0) is 6.54 Å². The summed E-state index contributed by atoms with van der Waals surface area (Å²) < 4.78 is 27.6. The molecule has 2 rings (SSSR count). The summed E-state index contributed by atoms with van der Waals surface area (Å²) in [5.74, 6) is -3.30. The fourth-order valence-electron chi connectivity index (χ4n) is 1.56. The van der Waals surface area contributed by atoms with Gasteiger partial charge in [-0.3, -0.25) is 14.9 Å². The predicted octanol–water partition coefficient (Wildman–Crippen LogP) is 3.52. The number of carbonyl (C=O) groups excluding carboxylic acids is 1. The zero-order chi connectivity index (χ0) is 15.6. The van der Waals surface area contributed by atoms with Crippen LogP contribution < -0.4 is 5.32 Å². The summed E-state index contributed by atoms with van der Waals surface area (Å²) in [4.78, 5) is 21.9. The second-order valence-electron chi connectivity index (χ2n) is 3.93. The van der Waals surface area contributed by atoms with Gasteiger partial charge in [-0.25, -0.2) is 4.39 Å². The predicted molar refractivity (Wildman–Crippen MR) is 73.5 cm³/mol. The van der Waals surface area contributed by atoms with E-state index in [4.69, 9.17) is 11.6 Å². The van der Waals surface area contributed by atoms with Crippen LogP contribution in [0.15, 0.2) is 24.3 Å². The minimum atomic E-state index is -1.27. The maximum absolute atomic E-state index is 13.6. The summed E-state index contributed by atoms with van der Waals surface area (Å²) in [6.45, 7) is 0.0915. The van der Waals surface area contributed by atoms with Gasteiger partial charge in [0, 0.05) is 4.88 Å². The first-order chi connectivity index (χ1) is 9.88. The van der Waals surface area contributed by atoms with Crippen LogP contribution in [0, 0.1) is 21.7 Å². The maximum atomic E-state index is 13.6. The lowest BCUT2D eigenvalue weighted by molar-refractivity contribution is -0.387. The van der Waals surface area contributed by atoms with Gasteiger partial charge in [0.15, 0.2) is 0 Å². The summed E-state index contributed by atoms with van der Waals surface area (Å²) in [7, 11) is 0. The topological polar surface area (TPSA) is 72.2 Å². The zero-order valence-corrected chi connectivity index (χ0v) is 11.8. The van der Waals surface area contributed by atoms with Crippen molar-refractivity contribution in [3.05, 3.63) is 60.8 Å². The molecule has 1 heterocycles. The summed E-state index contributed by atoms with van der Waals surface area (Å²) in [5, 5.41) is 12.8. The van der Waals surface area contributed by atoms with Crippen LogP contribution >= 0.6 is 22.9 Å². The van der Waals surface area contributed by atoms with Gasteiger partial charge >= 0.3 is 5.69 Å². The van der Waals surface area contributed by atoms with E-state index in [1.807, 2.05) is 0 Å². The number of thiophene rings is 1. The summed E-state index contributed by atoms with van der Waals surface area (Å²) in [6, 6.07) is 4.20. The molecular weight excluding hydrogens is 326 g/mol. The second kappa shape index (κ2) is 6.15. The SMILES string of the molecule is O=C(NCc1ccc(Cl)s1)c1cc(F)c([N+](=O)[O-])cc1F. The number of amides is 1. The van der Waals surface area contributed by atoms with Gasteiger partial charge in [-0.2, -0.15) is 4.39 Å². The number of rotatable bonds is 4. The second-order valence-corrected chi connectivity index (χ2v) is 5.73. The van der Waals surface area contributed by atoms with Gasteiger partial charge in [-0.15, -0.1) is 11.3 Å². The molecule has 1 aromatic carbocycles. The van der Waals surface area contributed by atoms with Crippen molar-refractivity contribution in [3.63, 3.8) is 0 Å². The Kier molecular flexibility index (Phi) is 4.49. The Morgan fingerprint density at radius 1 is 1.33 bits per heavy atom. The average molecular weight is 333 g/mol. The highest BCUT2D eigenvalue weighted by Gasteiger charge is 2.21. The molecule has 0 saturated carbocycles. The number of nitrogens with zero attached hydrogens (tertiary/aromatic N) is 1. The molecular formula is C12H7ClF2N2O3S. The van der Waals surface area contributed by atoms with E-state index >= 15 is 0 Å². The summed E-state index contributed by atoms with van der Waals surface area (Å²) in [6.07, 6.45) is 0. The molecule has 2 aromatic rings. The Morgan fingerprint density at radius 2 is 2.05 bits per heavy atom. The highest BCUT2D eigenvalue weighted by atomic mass is 35.5. The molecule has 0 bridgehead atoms. The van der Waals surface area contributed by atoms with Crippen LogP contribution in [0.3, 0.4) is 0 Å². The molecule has 0 spiro atoms. The normalized spacial score (nSPS) is 10.4. The first kappa shape index (κ1) is 15.3. The number of nitro groups is 1. The van der Waals surface area contributed by atoms with Gasteiger partial charge < -0.3 is 5.32 Å². The van der Waals surface area contributed by atoms with E-state index in [0.717, 1.165) is 4.88 Å². The minimum Gasteiger partial charge on any atom is -0.347 e. The first-order valence-electron chi connectivity index (χ1n) is 5.54. The molecule has 0 fully saturated rings. The van der Waals surface area contributed by atoms with Crippen molar-refractivity contribution in [2.75, 3.05) is 0 Å². The molecule has 0 atom stereocenters. The molecule has 0 unspecified atom stereocenters. The average Bonchev–Trinajstić information content (AvgIpc) is 2.83. The van der Waals surface area contributed by atoms with Gasteiger partial charge in [0.25, 0.3) is 5.91 Å². The van der Waals surface area contributed by atoms with Gasteiger partial charge in [0.1, 0.15) is 5.82 Å². The van der Waals surface area contributed by atoms with Gasteiger partial charge in [-0.05, 0) is 18.2 Å². The molecule has 1 N–H and O–H groups in total. The lowest BCUT2D eigenvalue weighted by Crippen LogP contribution is -2.23. The number of carbonyl (C=O) groups is 1. The van der Waals surface area contributed by atoms with Crippen molar-refractivity contribution in [2.24, 2.45) is 0 Å². The van der Waals surface area contributed by atoms with Crippen molar-refractivity contribution >= 4 is 34.5 Å². The number of hydrogen-bond donors (Lipinski definition) is 1. The monoisotopic (exact) mass is 332 g/mol. The molecule has 0 aliphatic rings. The Morgan fingerprint density at radius 3 is 2.62 bits per heavy atom. The Labute approximate surface area is 126 Å². The van der Waals surface area contributed by atoms with E-state index < -0.39 is 33.7 Å². The molecule has 1 amide bonds. The van der Waals surface area contributed by atoms with Crippen molar-refractivity contribution in [1.29, 1.82) is 0 Å². The van der Waals surface area contributed by atoms with E-state index in [0.29, 0.717) is 16.5 Å². The fraction of sp³-hybridized carbons (Fsp3) is 0.0833. The van der Waals surface area contributed by atoms with E-state index in [1.54, 1.807) is 12.1 Å². The largest absolute Gasteiger partial charge is 0.347 e. The van der Waals surface area contributed by atoms with E-state index in [1.165, 1.54) is 11.3 Å². The van der Waals surface area contributed by atoms with Crippen LogP contribution in [-0.4, -0.2) is 10.8 Å². The number of benzene rings is 1. The molecule has 1 aromatic heterocycles. The summed E-state index contributed by atoms with van der Waals surface area (Å²) >= 11 is 6.95. The number of nitrogens with one attached hydrogen (secondary N) is 1. The third-order valence-electron chi connectivity index (χ3n) is 2.53. The Bertz CT molecular complexity index is 721. The summed E-state index contributed by atoms with van der Waals surface area (Å²) in [5.41, 5.74) is -1.62. The first-order valence-corrected chi connectivity index (χ1v) is 6.74. The maximum Gasteiger partial charge on any atom is 0.307 e. The molecule has 0 radical (unpaired) electrons. The smallest absolute Gasteiger partial charge is 0.307 e. The lowest BCUT2D eigenvalue weighted by Gasteiger charge is -2.05. The van der Waals surface area contributed by atoms with Crippen LogP contribution in [0.5, 0.6) is 0 Å². The molecule has 0 aliphatic carbocycles. The molecule has 0 aliphatic heterocycles. The third kappa shape index (κ3) is 3.53. The number of hydrogen-bond acceptors (Lipinski definition) is 4. The van der Waals surface area contributed by atoms with E-state index in [2.05, 4.69) is 5.32 Å². The molecule has 5 nitrogen and oxygen atoms in total. The van der Waals surface area contributed by atoms with E-state index in [-0.39, 0.29) is 6.54 Å². The van der Waals surface area contributed by atoms with Crippen molar-refractivity contribution in [2.45, 2.75) is 6.54 Å². The van der Waals surface area contributed by atoms with Crippen molar-refractivity contribution in [3.8, 4) is 0 Å². The quantitative estimate of drug-likeness (QED) is 0.687. The minimum absolute atomic E-state index is 0.0915. The number of halogens is 3. The van der Waals surface area contributed by atoms with Crippen LogP contribution in [0.4, 0.5) is 14.5 Å². The van der Waals surface area contributed by atoms with Crippen molar-refractivity contribution < 1.29 is 18.5 Å². The van der Waals surface area contributed by atoms with Crippen LogP contribution in [0.1, 0.15) is 15.2 Å². The lowest BCUT2D eigenvalue weighted by atomic mass is 10.1. The van der Waals surface area contributed by atoms with Gasteiger partial charge in [-0.1, -0.05) is 11.6 Å². The van der Waals surface area contributed by atoms with Crippen LogP contribution in [0.2, 0.25) is 4.34 Å². The van der Waals surface area contributed by atoms with Crippen molar-refractivity contribution in [1.82, 2.24) is 5.32 Å². The zero-order valence-electron chi connectivity index (χ0n) is 10.2. The third-order valence-corrected chi connectivity index (χ3v) is 3.76.